The summed E-state index contributed by atoms with van der Waals surface area (Å²) in [7, 11) is -5.03. The minimum atomic E-state index is -5.03. The van der Waals surface area contributed by atoms with Gasteiger partial charge in [-0.15, -0.1) is 0 Å². The third kappa shape index (κ3) is 37.4. The number of phosphoric acid groups is 1. The van der Waals surface area contributed by atoms with E-state index in [-0.39, 0.29) is 60.8 Å². The molecule has 0 rings (SSSR count). The second kappa shape index (κ2) is 33.1. The summed E-state index contributed by atoms with van der Waals surface area (Å²) in [5, 5.41) is 0. The van der Waals surface area contributed by atoms with Gasteiger partial charge in [0.25, 0.3) is 7.82 Å². The fraction of sp³-hybridized carbons (Fsp3) is 0.953. The molecule has 0 aliphatic rings. The monoisotopic (exact) mass is 783 g/mol. The maximum atomic E-state index is 12.7. The molecule has 0 saturated carbocycles. The molecule has 0 aromatic heterocycles. The first-order chi connectivity index (χ1) is 24.4. The predicted molar refractivity (Wildman–Crippen MR) is 214 cm³/mol. The van der Waals surface area contributed by atoms with Gasteiger partial charge in [-0.05, 0) is 47.3 Å². The number of carbonyl (C=O) groups is 2. The molecule has 0 spiro atoms. The van der Waals surface area contributed by atoms with Crippen molar-refractivity contribution < 1.29 is 67.5 Å². The van der Waals surface area contributed by atoms with Crippen molar-refractivity contribution in [3.05, 3.63) is 0 Å². The quantitative estimate of drug-likeness (QED) is 0.0391. The summed E-state index contributed by atoms with van der Waals surface area (Å²) in [6.45, 7) is 21.6. The molecule has 310 valence electrons. The zero-order chi connectivity index (χ0) is 39.5. The fourth-order valence-electron chi connectivity index (χ4n) is 7.13. The maximum Gasteiger partial charge on any atom is 1.00 e. The van der Waals surface area contributed by atoms with Crippen molar-refractivity contribution in [2.75, 3.05) is 13.2 Å². The topological polar surface area (TPSA) is 122 Å². The van der Waals surface area contributed by atoms with Crippen LogP contribution in [0, 0.1) is 47.3 Å². The van der Waals surface area contributed by atoms with Crippen molar-refractivity contribution in [3.8, 4) is 0 Å². The summed E-state index contributed by atoms with van der Waals surface area (Å²) in [6.07, 6.45) is 21.0. The third-order valence-corrected chi connectivity index (χ3v) is 11.2. The van der Waals surface area contributed by atoms with Crippen LogP contribution >= 0.6 is 7.82 Å². The normalized spacial score (nSPS) is 16.9. The van der Waals surface area contributed by atoms with Crippen LogP contribution in [0.1, 0.15) is 198 Å². The Labute approximate surface area is 349 Å². The molecule has 0 amide bonds. The summed E-state index contributed by atoms with van der Waals surface area (Å²) < 4.78 is 26.6. The first kappa shape index (κ1) is 55.1. The van der Waals surface area contributed by atoms with Crippen LogP contribution in [0.5, 0.6) is 0 Å². The number of hydrogen-bond donors (Lipinski definition) is 1. The molecule has 0 aliphatic carbocycles. The Kier molecular flexibility index (Phi) is 34.4. The van der Waals surface area contributed by atoms with Crippen molar-refractivity contribution in [2.45, 2.75) is 204 Å². The molecule has 0 radical (unpaired) electrons. The van der Waals surface area contributed by atoms with Crippen LogP contribution in [0.15, 0.2) is 0 Å². The van der Waals surface area contributed by atoms with Crippen LogP contribution in [0.4, 0.5) is 0 Å². The Morgan fingerprint density at radius 3 is 1.13 bits per heavy atom. The molecule has 0 aliphatic heterocycles. The van der Waals surface area contributed by atoms with Gasteiger partial charge >= 0.3 is 41.5 Å². The third-order valence-electron chi connectivity index (χ3n) is 10.7. The van der Waals surface area contributed by atoms with E-state index in [9.17, 15) is 19.0 Å². The van der Waals surface area contributed by atoms with E-state index in [4.69, 9.17) is 14.4 Å². The van der Waals surface area contributed by atoms with Gasteiger partial charge in [-0.1, -0.05) is 185 Å². The summed E-state index contributed by atoms with van der Waals surface area (Å²) >= 11 is 0. The second-order valence-electron chi connectivity index (χ2n) is 18.0. The van der Waals surface area contributed by atoms with E-state index in [1.165, 1.54) is 77.0 Å². The number of carbonyl (C=O) groups excluding carboxylic acids is 2. The largest absolute Gasteiger partial charge is 1.00 e. The first-order valence-corrected chi connectivity index (χ1v) is 22.9. The van der Waals surface area contributed by atoms with Gasteiger partial charge < -0.3 is 23.8 Å². The molecule has 8 atom stereocenters. The van der Waals surface area contributed by atoms with Crippen LogP contribution in [0.3, 0.4) is 0 Å². The Balaban J connectivity index is 0. The second-order valence-corrected chi connectivity index (χ2v) is 19.2. The summed E-state index contributed by atoms with van der Waals surface area (Å²) in [5.74, 6) is 3.79. The molecular formula is C43H84NaO8P. The Hall–Kier alpha value is 0.0500. The van der Waals surface area contributed by atoms with Crippen molar-refractivity contribution in [2.24, 2.45) is 47.3 Å². The molecule has 0 bridgehead atoms. The molecule has 8 nitrogen and oxygen atoms in total. The van der Waals surface area contributed by atoms with E-state index in [2.05, 4.69) is 59.9 Å². The van der Waals surface area contributed by atoms with Crippen LogP contribution in [0.2, 0.25) is 0 Å². The molecule has 0 aromatic carbocycles. The summed E-state index contributed by atoms with van der Waals surface area (Å²) in [6, 6.07) is 0. The van der Waals surface area contributed by atoms with E-state index in [0.29, 0.717) is 11.8 Å². The number of phosphoric ester groups is 1. The zero-order valence-corrected chi connectivity index (χ0v) is 39.4. The van der Waals surface area contributed by atoms with Crippen LogP contribution in [-0.4, -0.2) is 36.1 Å². The van der Waals surface area contributed by atoms with Crippen molar-refractivity contribution in [1.82, 2.24) is 0 Å². The number of hydrogen-bond acceptors (Lipinski definition) is 7. The molecule has 10 heteroatoms. The van der Waals surface area contributed by atoms with Gasteiger partial charge in [-0.25, -0.2) is 0 Å². The van der Waals surface area contributed by atoms with Crippen LogP contribution < -0.4 is 34.5 Å². The molecule has 53 heavy (non-hydrogen) atoms. The van der Waals surface area contributed by atoms with E-state index in [1.807, 2.05) is 13.8 Å². The van der Waals surface area contributed by atoms with E-state index in [1.54, 1.807) is 0 Å². The molecule has 0 fully saturated rings. The van der Waals surface area contributed by atoms with Gasteiger partial charge in [0.1, 0.15) is 6.61 Å². The van der Waals surface area contributed by atoms with Gasteiger partial charge in [-0.2, -0.15) is 0 Å². The average molecular weight is 783 g/mol. The minimum absolute atomic E-state index is 0. The van der Waals surface area contributed by atoms with E-state index >= 15 is 0 Å². The van der Waals surface area contributed by atoms with Gasteiger partial charge in [0.2, 0.25) is 0 Å². The first-order valence-electron chi connectivity index (χ1n) is 21.4. The minimum Gasteiger partial charge on any atom is -0.756 e. The summed E-state index contributed by atoms with van der Waals surface area (Å²) in [4.78, 5) is 45.7. The van der Waals surface area contributed by atoms with Crippen LogP contribution in [0.25, 0.3) is 0 Å². The standard InChI is InChI=1S/C43H85O8P.Na/c1-33(2)17-11-19-35(5)21-13-23-37(7)25-15-27-39(9)29-42(44)49-31-41(32-50-52(46,47)48)51-43(45)30-40(10)28-16-26-38(8)24-14-22-36(6)20-12-18-34(3)4;/h33-41H,11-32H2,1-10H3,(H2,46,47,48);/q;+1/p-1/t35?,36?,37?,38?,39?,40?,41-;/m1./s1. The number of esters is 2. The molecule has 7 unspecified atom stereocenters. The SMILES string of the molecule is CC(C)CCCC(C)CCCC(C)CCCC(C)CC(=O)OC[C@H](COP(=O)([O-])O)OC(=O)CC(C)CCCC(C)CCCC(C)CCCC(C)C.[Na+]. The molecular weight excluding hydrogens is 698 g/mol. The van der Waals surface area contributed by atoms with Gasteiger partial charge in [0.05, 0.1) is 6.61 Å². The van der Waals surface area contributed by atoms with Gasteiger partial charge in [0, 0.05) is 12.8 Å². The summed E-state index contributed by atoms with van der Waals surface area (Å²) in [5.41, 5.74) is 0. The zero-order valence-electron chi connectivity index (χ0n) is 36.5. The van der Waals surface area contributed by atoms with E-state index < -0.39 is 32.5 Å². The number of rotatable bonds is 34. The maximum absolute atomic E-state index is 12.7. The fourth-order valence-corrected chi connectivity index (χ4v) is 7.49. The van der Waals surface area contributed by atoms with E-state index in [0.717, 1.165) is 62.2 Å². The van der Waals surface area contributed by atoms with Crippen LogP contribution in [-0.2, 0) is 28.2 Å². The molecule has 0 saturated heterocycles. The Bertz CT molecular complexity index is 941. The average Bonchev–Trinajstić information content (AvgIpc) is 3.01. The molecule has 1 N–H and O–H groups in total. The smallest absolute Gasteiger partial charge is 0.756 e. The van der Waals surface area contributed by atoms with Crippen molar-refractivity contribution in [3.63, 3.8) is 0 Å². The number of ether oxygens (including phenoxy) is 2. The molecule has 0 aromatic rings. The Morgan fingerprint density at radius 2 is 0.811 bits per heavy atom. The van der Waals surface area contributed by atoms with Crippen molar-refractivity contribution >= 4 is 19.8 Å². The predicted octanol–water partition coefficient (Wildman–Crippen LogP) is 8.85. The van der Waals surface area contributed by atoms with Crippen molar-refractivity contribution in [1.29, 1.82) is 0 Å². The van der Waals surface area contributed by atoms with Gasteiger partial charge in [0.15, 0.2) is 6.10 Å². The Morgan fingerprint density at radius 1 is 0.509 bits per heavy atom. The van der Waals surface area contributed by atoms with Gasteiger partial charge in [-0.3, -0.25) is 14.2 Å². The molecule has 0 heterocycles.